The summed E-state index contributed by atoms with van der Waals surface area (Å²) in [7, 11) is 3.03. The van der Waals surface area contributed by atoms with Gasteiger partial charge in [0.1, 0.15) is 18.2 Å². The average molecular weight is 458 g/mol. The minimum absolute atomic E-state index is 0.0696. The minimum Gasteiger partial charge on any atom is -0.496 e. The number of hydrogen-bond acceptors (Lipinski definition) is 5. The van der Waals surface area contributed by atoms with Gasteiger partial charge >= 0.3 is 0 Å². The average Bonchev–Trinajstić information content (AvgIpc) is 2.87. The number of carbonyl (C=O) groups excluding carboxylic acids is 1. The van der Waals surface area contributed by atoms with E-state index in [1.165, 1.54) is 26.5 Å². The highest BCUT2D eigenvalue weighted by Crippen LogP contribution is 2.29. The van der Waals surface area contributed by atoms with Crippen molar-refractivity contribution in [2.24, 2.45) is 5.10 Å². The number of nitrogens with zero attached hydrogens (tertiary/aromatic N) is 1. The van der Waals surface area contributed by atoms with Crippen LogP contribution < -0.4 is 19.6 Å². The molecule has 1 N–H and O–H groups in total. The summed E-state index contributed by atoms with van der Waals surface area (Å²) in [5.74, 6) is 0.666. The molecule has 0 atom stereocenters. The molecule has 6 nitrogen and oxygen atoms in total. The molecule has 0 radical (unpaired) electrons. The second-order valence-electron chi connectivity index (χ2n) is 7.39. The Bertz CT molecular complexity index is 1350. The Labute approximate surface area is 196 Å². The number of methoxy groups -OCH3 is 2. The van der Waals surface area contributed by atoms with Crippen molar-refractivity contribution in [3.05, 3.63) is 101 Å². The van der Waals surface area contributed by atoms with Gasteiger partial charge in [0, 0.05) is 5.56 Å². The Hall–Kier alpha value is -4.39. The molecule has 0 aromatic heterocycles. The van der Waals surface area contributed by atoms with E-state index in [0.29, 0.717) is 33.9 Å². The van der Waals surface area contributed by atoms with Crippen molar-refractivity contribution >= 4 is 22.9 Å². The van der Waals surface area contributed by atoms with Crippen molar-refractivity contribution in [3.8, 4) is 17.2 Å². The van der Waals surface area contributed by atoms with E-state index in [1.807, 2.05) is 30.3 Å². The summed E-state index contributed by atoms with van der Waals surface area (Å²) in [5, 5.41) is 5.96. The minimum atomic E-state index is -0.393. The summed E-state index contributed by atoms with van der Waals surface area (Å²) in [6, 6.07) is 22.9. The van der Waals surface area contributed by atoms with Gasteiger partial charge in [-0.15, -0.1) is 0 Å². The van der Waals surface area contributed by atoms with E-state index in [-0.39, 0.29) is 12.4 Å². The van der Waals surface area contributed by atoms with Gasteiger partial charge in [-0.25, -0.2) is 9.82 Å². The van der Waals surface area contributed by atoms with Crippen LogP contribution in [-0.2, 0) is 6.61 Å². The Kier molecular flexibility index (Phi) is 7.03. The lowest BCUT2D eigenvalue weighted by atomic mass is 10.1. The summed E-state index contributed by atoms with van der Waals surface area (Å²) in [6.45, 7) is 0.0696. The van der Waals surface area contributed by atoms with Crippen molar-refractivity contribution in [3.63, 3.8) is 0 Å². The van der Waals surface area contributed by atoms with Crippen molar-refractivity contribution in [2.75, 3.05) is 14.2 Å². The molecule has 4 aromatic rings. The fourth-order valence-electron chi connectivity index (χ4n) is 3.45. The summed E-state index contributed by atoms with van der Waals surface area (Å²) in [6.07, 6.45) is 1.49. The lowest BCUT2D eigenvalue weighted by Crippen LogP contribution is -2.18. The number of hydrazone groups is 1. The molecule has 7 heteroatoms. The molecule has 172 valence electrons. The van der Waals surface area contributed by atoms with Crippen LogP contribution in [0.15, 0.2) is 84.0 Å². The molecule has 0 aliphatic carbocycles. The standard InChI is InChI=1S/C27H23FN2O4/c1-32-25-15-20-8-4-3-7-19(20)14-22(25)27(31)30-29-16-18-11-12-24(26(13-18)33-2)34-17-21-9-5-6-10-23(21)28/h3-16H,17H2,1-2H3,(H,30,31). The van der Waals surface area contributed by atoms with Crippen LogP contribution in [0.5, 0.6) is 17.2 Å². The van der Waals surface area contributed by atoms with Gasteiger partial charge in [-0.1, -0.05) is 42.5 Å². The zero-order chi connectivity index (χ0) is 23.9. The van der Waals surface area contributed by atoms with Crippen molar-refractivity contribution in [1.82, 2.24) is 5.43 Å². The second kappa shape index (κ2) is 10.5. The fourth-order valence-corrected chi connectivity index (χ4v) is 3.45. The third-order valence-corrected chi connectivity index (χ3v) is 5.22. The molecular formula is C27H23FN2O4. The van der Waals surface area contributed by atoms with Crippen molar-refractivity contribution in [2.45, 2.75) is 6.61 Å². The van der Waals surface area contributed by atoms with Crippen molar-refractivity contribution in [1.29, 1.82) is 0 Å². The molecule has 34 heavy (non-hydrogen) atoms. The van der Waals surface area contributed by atoms with E-state index in [2.05, 4.69) is 10.5 Å². The van der Waals surface area contributed by atoms with Gasteiger partial charge in [0.15, 0.2) is 11.5 Å². The van der Waals surface area contributed by atoms with Gasteiger partial charge in [-0.3, -0.25) is 4.79 Å². The fraction of sp³-hybridized carbons (Fsp3) is 0.111. The van der Waals surface area contributed by atoms with Gasteiger partial charge in [0.05, 0.1) is 26.0 Å². The maximum Gasteiger partial charge on any atom is 0.275 e. The predicted molar refractivity (Wildman–Crippen MR) is 129 cm³/mol. The predicted octanol–water partition coefficient (Wildman–Crippen LogP) is 5.34. The Balaban J connectivity index is 1.45. The summed E-state index contributed by atoms with van der Waals surface area (Å²) >= 11 is 0. The van der Waals surface area contributed by atoms with Crippen LogP contribution in [-0.4, -0.2) is 26.3 Å². The third kappa shape index (κ3) is 5.15. The highest BCUT2D eigenvalue weighted by atomic mass is 19.1. The molecule has 0 saturated heterocycles. The lowest BCUT2D eigenvalue weighted by molar-refractivity contribution is 0.0952. The quantitative estimate of drug-likeness (QED) is 0.286. The molecular weight excluding hydrogens is 435 g/mol. The molecule has 0 saturated carbocycles. The first-order chi connectivity index (χ1) is 16.6. The number of halogens is 1. The number of benzene rings is 4. The number of rotatable bonds is 8. The lowest BCUT2D eigenvalue weighted by Gasteiger charge is -2.12. The number of nitrogens with one attached hydrogen (secondary N) is 1. The first kappa shape index (κ1) is 22.8. The summed E-state index contributed by atoms with van der Waals surface area (Å²) < 4.78 is 30.3. The topological polar surface area (TPSA) is 69.2 Å². The SMILES string of the molecule is COc1cc(C=NNC(=O)c2cc3ccccc3cc2OC)ccc1OCc1ccccc1F. The van der Waals surface area contributed by atoms with E-state index in [1.54, 1.807) is 42.5 Å². The maximum absolute atomic E-state index is 13.8. The number of carbonyl (C=O) groups is 1. The number of amides is 1. The van der Waals surface area contributed by atoms with Crippen LogP contribution in [0.25, 0.3) is 10.8 Å². The van der Waals surface area contributed by atoms with Gasteiger partial charge in [-0.05, 0) is 52.7 Å². The largest absolute Gasteiger partial charge is 0.496 e. The van der Waals surface area contributed by atoms with Crippen LogP contribution in [0.2, 0.25) is 0 Å². The van der Waals surface area contributed by atoms with Gasteiger partial charge in [-0.2, -0.15) is 5.10 Å². The Morgan fingerprint density at radius 3 is 2.32 bits per heavy atom. The molecule has 0 bridgehead atoms. The normalized spacial score (nSPS) is 10.9. The van der Waals surface area contributed by atoms with E-state index in [0.717, 1.165) is 10.8 Å². The second-order valence-corrected chi connectivity index (χ2v) is 7.39. The maximum atomic E-state index is 13.8. The van der Waals surface area contributed by atoms with E-state index in [9.17, 15) is 9.18 Å². The first-order valence-electron chi connectivity index (χ1n) is 10.5. The molecule has 1 amide bonds. The van der Waals surface area contributed by atoms with E-state index >= 15 is 0 Å². The van der Waals surface area contributed by atoms with Crippen LogP contribution in [0.4, 0.5) is 4.39 Å². The van der Waals surface area contributed by atoms with E-state index in [4.69, 9.17) is 14.2 Å². The molecule has 0 unspecified atom stereocenters. The summed E-state index contributed by atoms with van der Waals surface area (Å²) in [4.78, 5) is 12.7. The van der Waals surface area contributed by atoms with E-state index < -0.39 is 5.91 Å². The molecule has 0 heterocycles. The molecule has 0 aliphatic rings. The highest BCUT2D eigenvalue weighted by molar-refractivity contribution is 6.02. The number of ether oxygens (including phenoxy) is 3. The number of hydrogen-bond donors (Lipinski definition) is 1. The first-order valence-corrected chi connectivity index (χ1v) is 10.5. The molecule has 4 rings (SSSR count). The molecule has 0 spiro atoms. The van der Waals surface area contributed by atoms with Gasteiger partial charge in [0.25, 0.3) is 5.91 Å². The molecule has 0 fully saturated rings. The zero-order valence-corrected chi connectivity index (χ0v) is 18.7. The molecule has 0 aliphatic heterocycles. The van der Waals surface area contributed by atoms with Crippen LogP contribution in [0, 0.1) is 5.82 Å². The smallest absolute Gasteiger partial charge is 0.275 e. The van der Waals surface area contributed by atoms with Crippen molar-refractivity contribution < 1.29 is 23.4 Å². The van der Waals surface area contributed by atoms with Crippen LogP contribution in [0.1, 0.15) is 21.5 Å². The zero-order valence-electron chi connectivity index (χ0n) is 18.7. The third-order valence-electron chi connectivity index (χ3n) is 5.22. The monoisotopic (exact) mass is 458 g/mol. The number of fused-ring (bicyclic) bond motifs is 1. The Morgan fingerprint density at radius 1 is 0.882 bits per heavy atom. The van der Waals surface area contributed by atoms with Gasteiger partial charge in [0.2, 0.25) is 0 Å². The molecule has 4 aromatic carbocycles. The van der Waals surface area contributed by atoms with Gasteiger partial charge < -0.3 is 14.2 Å². The van der Waals surface area contributed by atoms with Crippen LogP contribution in [0.3, 0.4) is 0 Å². The van der Waals surface area contributed by atoms with Crippen LogP contribution >= 0.6 is 0 Å². The highest BCUT2D eigenvalue weighted by Gasteiger charge is 2.13. The Morgan fingerprint density at radius 2 is 1.59 bits per heavy atom. The summed E-state index contributed by atoms with van der Waals surface area (Å²) in [5.41, 5.74) is 4.04.